The second-order valence-corrected chi connectivity index (χ2v) is 10.8. The van der Waals surface area contributed by atoms with Crippen molar-refractivity contribution in [1.82, 2.24) is 4.98 Å². The lowest BCUT2D eigenvalue weighted by Gasteiger charge is -2.16. The van der Waals surface area contributed by atoms with Crippen LogP contribution in [0.25, 0.3) is 76.4 Å². The van der Waals surface area contributed by atoms with Crippen LogP contribution in [0.1, 0.15) is 0 Å². The molecule has 0 saturated carbocycles. The van der Waals surface area contributed by atoms with Crippen molar-refractivity contribution in [2.45, 2.75) is 0 Å². The van der Waals surface area contributed by atoms with Crippen LogP contribution in [0.5, 0.6) is 0 Å². The molecular weight excluding hydrogens is 538 g/mol. The van der Waals surface area contributed by atoms with Crippen molar-refractivity contribution in [2.24, 2.45) is 0 Å². The quantitative estimate of drug-likeness (QED) is 0.151. The van der Waals surface area contributed by atoms with Crippen LogP contribution in [0.4, 0.5) is 0 Å². The molecular formula is C37H22BrN. The summed E-state index contributed by atoms with van der Waals surface area (Å²) in [4.78, 5) is 5.34. The van der Waals surface area contributed by atoms with Crippen LogP contribution in [0.2, 0.25) is 0 Å². The number of rotatable bonds is 2. The maximum atomic E-state index is 5.34. The highest BCUT2D eigenvalue weighted by Gasteiger charge is 2.17. The third kappa shape index (κ3) is 3.42. The molecule has 0 fully saturated rings. The van der Waals surface area contributed by atoms with E-state index in [0.29, 0.717) is 0 Å². The van der Waals surface area contributed by atoms with Gasteiger partial charge in [0.2, 0.25) is 0 Å². The van der Waals surface area contributed by atoms with Gasteiger partial charge in [-0.1, -0.05) is 127 Å². The highest BCUT2D eigenvalue weighted by Crippen LogP contribution is 2.43. The highest BCUT2D eigenvalue weighted by molar-refractivity contribution is 9.10. The van der Waals surface area contributed by atoms with E-state index in [2.05, 4.69) is 149 Å². The van der Waals surface area contributed by atoms with Gasteiger partial charge < -0.3 is 0 Å². The second kappa shape index (κ2) is 8.76. The Kier molecular flexibility index (Phi) is 5.04. The minimum atomic E-state index is 1.01. The molecule has 1 nitrogen and oxygen atoms in total. The van der Waals surface area contributed by atoms with Crippen LogP contribution in [0.3, 0.4) is 0 Å². The third-order valence-electron chi connectivity index (χ3n) is 7.89. The van der Waals surface area contributed by atoms with Crippen LogP contribution in [-0.4, -0.2) is 4.98 Å². The third-order valence-corrected chi connectivity index (χ3v) is 8.74. The fourth-order valence-electron chi connectivity index (χ4n) is 6.13. The van der Waals surface area contributed by atoms with Crippen molar-refractivity contribution >= 4 is 69.9 Å². The molecule has 8 aromatic rings. The first-order chi connectivity index (χ1) is 19.3. The Bertz CT molecular complexity index is 2180. The first kappa shape index (κ1) is 22.5. The number of halogens is 1. The molecule has 0 unspecified atom stereocenters. The Balaban J connectivity index is 1.52. The lowest BCUT2D eigenvalue weighted by Crippen LogP contribution is -1.92. The van der Waals surface area contributed by atoms with Crippen molar-refractivity contribution in [3.05, 3.63) is 138 Å². The molecule has 0 aliphatic heterocycles. The summed E-state index contributed by atoms with van der Waals surface area (Å²) in [7, 11) is 0. The number of hydrogen-bond acceptors (Lipinski definition) is 1. The van der Waals surface area contributed by atoms with Crippen LogP contribution in [0.15, 0.2) is 138 Å². The molecule has 0 aliphatic rings. The van der Waals surface area contributed by atoms with E-state index in [4.69, 9.17) is 4.98 Å². The minimum Gasteiger partial charge on any atom is -0.247 e. The van der Waals surface area contributed by atoms with Gasteiger partial charge in [-0.3, -0.25) is 0 Å². The molecule has 182 valence electrons. The zero-order chi connectivity index (χ0) is 25.9. The van der Waals surface area contributed by atoms with Gasteiger partial charge in [-0.05, 0) is 65.4 Å². The lowest BCUT2D eigenvalue weighted by atomic mass is 9.90. The molecule has 1 aromatic heterocycles. The van der Waals surface area contributed by atoms with E-state index in [1.807, 2.05) is 0 Å². The number of benzene rings is 7. The Hall–Kier alpha value is -4.53. The molecule has 7 aromatic carbocycles. The van der Waals surface area contributed by atoms with Crippen molar-refractivity contribution in [3.63, 3.8) is 0 Å². The van der Waals surface area contributed by atoms with Gasteiger partial charge in [0.25, 0.3) is 0 Å². The number of aromatic nitrogens is 1. The number of hydrogen-bond donors (Lipinski definition) is 0. The summed E-state index contributed by atoms with van der Waals surface area (Å²) in [6.45, 7) is 0. The monoisotopic (exact) mass is 559 g/mol. The molecule has 39 heavy (non-hydrogen) atoms. The van der Waals surface area contributed by atoms with Gasteiger partial charge in [-0.25, -0.2) is 4.98 Å². The Morgan fingerprint density at radius 3 is 1.74 bits per heavy atom. The molecule has 0 atom stereocenters. The molecule has 8 rings (SSSR count). The van der Waals surface area contributed by atoms with E-state index in [-0.39, 0.29) is 0 Å². The van der Waals surface area contributed by atoms with E-state index in [0.717, 1.165) is 21.2 Å². The van der Waals surface area contributed by atoms with Gasteiger partial charge in [0.1, 0.15) is 0 Å². The Morgan fingerprint density at radius 2 is 1.03 bits per heavy atom. The van der Waals surface area contributed by atoms with Gasteiger partial charge in [-0.2, -0.15) is 0 Å². The molecule has 0 N–H and O–H groups in total. The highest BCUT2D eigenvalue weighted by atomic mass is 79.9. The van der Waals surface area contributed by atoms with Crippen molar-refractivity contribution in [3.8, 4) is 22.4 Å². The van der Waals surface area contributed by atoms with E-state index in [1.54, 1.807) is 0 Å². The van der Waals surface area contributed by atoms with Crippen LogP contribution < -0.4 is 0 Å². The van der Waals surface area contributed by atoms with E-state index in [9.17, 15) is 0 Å². The van der Waals surface area contributed by atoms with Gasteiger partial charge in [-0.15, -0.1) is 0 Å². The van der Waals surface area contributed by atoms with Crippen molar-refractivity contribution < 1.29 is 0 Å². The average Bonchev–Trinajstić information content (AvgIpc) is 3.01. The minimum absolute atomic E-state index is 1.01. The summed E-state index contributed by atoms with van der Waals surface area (Å²) in [6.07, 6.45) is 0. The summed E-state index contributed by atoms with van der Waals surface area (Å²) >= 11 is 3.90. The van der Waals surface area contributed by atoms with Gasteiger partial charge in [0.05, 0.1) is 11.2 Å². The number of nitrogens with zero attached hydrogens (tertiary/aromatic N) is 1. The number of fused-ring (bicyclic) bond motifs is 7. The van der Waals surface area contributed by atoms with E-state index in [1.165, 1.54) is 59.6 Å². The summed E-state index contributed by atoms with van der Waals surface area (Å²) in [5.41, 5.74) is 5.57. The van der Waals surface area contributed by atoms with Crippen LogP contribution in [0, 0.1) is 0 Å². The smallest absolute Gasteiger partial charge is 0.0788 e. The fourth-order valence-corrected chi connectivity index (χ4v) is 6.82. The van der Waals surface area contributed by atoms with Crippen molar-refractivity contribution in [1.29, 1.82) is 0 Å². The van der Waals surface area contributed by atoms with Crippen LogP contribution in [-0.2, 0) is 0 Å². The SMILES string of the molecule is Brc1c2ccccc2c(-c2ccc3c(c2)nc(-c2ccccc2)c2ccc4ccccc4c23)c2ccccc12. The zero-order valence-corrected chi connectivity index (χ0v) is 22.6. The molecule has 0 amide bonds. The average molecular weight is 560 g/mol. The Morgan fingerprint density at radius 1 is 0.436 bits per heavy atom. The Labute approximate surface area is 234 Å². The van der Waals surface area contributed by atoms with Gasteiger partial charge in [0.15, 0.2) is 0 Å². The summed E-state index contributed by atoms with van der Waals surface area (Å²) < 4.78 is 1.14. The predicted molar refractivity (Wildman–Crippen MR) is 170 cm³/mol. The molecule has 1 heterocycles. The lowest BCUT2D eigenvalue weighted by molar-refractivity contribution is 1.43. The van der Waals surface area contributed by atoms with E-state index >= 15 is 0 Å². The van der Waals surface area contributed by atoms with Crippen LogP contribution >= 0.6 is 15.9 Å². The standard InChI is InChI=1S/C37H22BrN/c38-36-29-16-8-6-14-27(29)34(28-15-7-9-17-30(28)36)25-19-20-31-33(22-25)39-37(24-11-2-1-3-12-24)32-21-18-23-10-4-5-13-26(23)35(31)32/h1-22H. The molecule has 0 aliphatic carbocycles. The molecule has 0 bridgehead atoms. The zero-order valence-electron chi connectivity index (χ0n) is 21.0. The number of pyridine rings is 1. The first-order valence-electron chi connectivity index (χ1n) is 13.2. The maximum absolute atomic E-state index is 5.34. The maximum Gasteiger partial charge on any atom is 0.0788 e. The first-order valence-corrected chi connectivity index (χ1v) is 14.0. The topological polar surface area (TPSA) is 12.9 Å². The fraction of sp³-hybridized carbons (Fsp3) is 0. The normalized spacial score (nSPS) is 11.7. The summed E-state index contributed by atoms with van der Waals surface area (Å²) in [6, 6.07) is 47.8. The van der Waals surface area contributed by atoms with Crippen molar-refractivity contribution in [2.75, 3.05) is 0 Å². The molecule has 0 spiro atoms. The van der Waals surface area contributed by atoms with E-state index < -0.39 is 0 Å². The molecule has 0 radical (unpaired) electrons. The molecule has 2 heteroatoms. The summed E-state index contributed by atoms with van der Waals surface area (Å²) in [5, 5.41) is 11.0. The van der Waals surface area contributed by atoms with Gasteiger partial charge in [0, 0.05) is 26.2 Å². The largest absolute Gasteiger partial charge is 0.247 e. The second-order valence-electron chi connectivity index (χ2n) is 10.0. The predicted octanol–water partition coefficient (Wildman–Crippen LogP) is 10.9. The summed E-state index contributed by atoms with van der Waals surface area (Å²) in [5.74, 6) is 0. The van der Waals surface area contributed by atoms with Gasteiger partial charge >= 0.3 is 0 Å². The molecule has 0 saturated heterocycles.